The molecular weight excluding hydrogens is 226 g/mol. The Bertz CT molecular complexity index is 241. The first-order chi connectivity index (χ1) is 8.74. The van der Waals surface area contributed by atoms with Gasteiger partial charge in [0.25, 0.3) is 0 Å². The number of hydrogen-bond acceptors (Lipinski definition) is 3. The van der Waals surface area contributed by atoms with Gasteiger partial charge in [-0.2, -0.15) is 0 Å². The summed E-state index contributed by atoms with van der Waals surface area (Å²) in [6.07, 6.45) is 11.2. The Morgan fingerprint density at radius 2 is 1.89 bits per heavy atom. The molecule has 3 N–H and O–H groups in total. The third-order valence-corrected chi connectivity index (χ3v) is 4.99. The highest BCUT2D eigenvalue weighted by molar-refractivity contribution is 4.95. The van der Waals surface area contributed by atoms with Crippen molar-refractivity contribution in [2.24, 2.45) is 17.6 Å². The predicted octanol–water partition coefficient (Wildman–Crippen LogP) is 2.46. The first-order valence-corrected chi connectivity index (χ1v) is 7.72. The summed E-state index contributed by atoms with van der Waals surface area (Å²) in [5.74, 6) is 1.25. The van der Waals surface area contributed by atoms with Crippen LogP contribution in [-0.4, -0.2) is 30.5 Å². The van der Waals surface area contributed by atoms with Crippen LogP contribution in [0.25, 0.3) is 0 Å². The van der Waals surface area contributed by atoms with Crippen LogP contribution in [0.3, 0.4) is 0 Å². The van der Waals surface area contributed by atoms with Crippen LogP contribution in [0.5, 0.6) is 0 Å². The monoisotopic (exact) mass is 255 g/mol. The van der Waals surface area contributed by atoms with Crippen LogP contribution >= 0.6 is 0 Å². The van der Waals surface area contributed by atoms with E-state index in [1.165, 1.54) is 32.1 Å². The average Bonchev–Trinajstić information content (AvgIpc) is 2.78. The Balaban J connectivity index is 1.60. The maximum Gasteiger partial charge on any atom is 0.0613 e. The summed E-state index contributed by atoms with van der Waals surface area (Å²) in [5, 5.41) is 9.39. The van der Waals surface area contributed by atoms with Crippen molar-refractivity contribution < 1.29 is 9.84 Å². The van der Waals surface area contributed by atoms with Gasteiger partial charge in [-0.1, -0.05) is 25.7 Å². The van der Waals surface area contributed by atoms with Crippen molar-refractivity contribution in [3.05, 3.63) is 0 Å². The fourth-order valence-electron chi connectivity index (χ4n) is 3.64. The zero-order valence-corrected chi connectivity index (χ0v) is 11.6. The summed E-state index contributed by atoms with van der Waals surface area (Å²) in [6, 6.07) is 0. The fraction of sp³-hybridized carbons (Fsp3) is 1.00. The van der Waals surface area contributed by atoms with E-state index >= 15 is 0 Å². The highest BCUT2D eigenvalue weighted by atomic mass is 16.5. The van der Waals surface area contributed by atoms with E-state index in [4.69, 9.17) is 10.5 Å². The summed E-state index contributed by atoms with van der Waals surface area (Å²) < 4.78 is 5.84. The van der Waals surface area contributed by atoms with Gasteiger partial charge in [-0.25, -0.2) is 0 Å². The molecule has 0 aromatic carbocycles. The van der Waals surface area contributed by atoms with Crippen molar-refractivity contribution >= 4 is 0 Å². The summed E-state index contributed by atoms with van der Waals surface area (Å²) in [7, 11) is 0. The highest BCUT2D eigenvalue weighted by Gasteiger charge is 2.38. The van der Waals surface area contributed by atoms with Gasteiger partial charge >= 0.3 is 0 Å². The normalized spacial score (nSPS) is 34.0. The van der Waals surface area contributed by atoms with E-state index < -0.39 is 0 Å². The Morgan fingerprint density at radius 3 is 2.61 bits per heavy atom. The Labute approximate surface area is 111 Å². The van der Waals surface area contributed by atoms with E-state index in [1.54, 1.807) is 0 Å². The zero-order valence-electron chi connectivity index (χ0n) is 11.6. The van der Waals surface area contributed by atoms with Crippen LogP contribution < -0.4 is 5.73 Å². The SMILES string of the molecule is NC1(CO)CCCC1CCOCC1CCCCC1. The van der Waals surface area contributed by atoms with E-state index in [9.17, 15) is 5.11 Å². The molecule has 2 aliphatic carbocycles. The van der Waals surface area contributed by atoms with Crippen LogP contribution in [0.4, 0.5) is 0 Å². The lowest BCUT2D eigenvalue weighted by Gasteiger charge is -2.29. The maximum absolute atomic E-state index is 9.39. The lowest BCUT2D eigenvalue weighted by molar-refractivity contribution is 0.0636. The van der Waals surface area contributed by atoms with Crippen molar-refractivity contribution in [2.75, 3.05) is 19.8 Å². The lowest BCUT2D eigenvalue weighted by Crippen LogP contribution is -2.47. The Morgan fingerprint density at radius 1 is 1.11 bits per heavy atom. The molecule has 0 spiro atoms. The number of ether oxygens (including phenoxy) is 1. The number of aliphatic hydroxyl groups excluding tert-OH is 1. The van der Waals surface area contributed by atoms with Crippen LogP contribution in [0, 0.1) is 11.8 Å². The topological polar surface area (TPSA) is 55.5 Å². The third-order valence-electron chi connectivity index (χ3n) is 4.99. The second-order valence-corrected chi connectivity index (χ2v) is 6.35. The van der Waals surface area contributed by atoms with Gasteiger partial charge in [-0.3, -0.25) is 0 Å². The van der Waals surface area contributed by atoms with E-state index in [1.807, 2.05) is 0 Å². The molecule has 18 heavy (non-hydrogen) atoms. The summed E-state index contributed by atoms with van der Waals surface area (Å²) >= 11 is 0. The minimum atomic E-state index is -0.325. The van der Waals surface area contributed by atoms with Crippen LogP contribution in [0.15, 0.2) is 0 Å². The summed E-state index contributed by atoms with van der Waals surface area (Å²) in [5.41, 5.74) is 5.90. The van der Waals surface area contributed by atoms with Crippen molar-refractivity contribution in [1.29, 1.82) is 0 Å². The summed E-state index contributed by atoms with van der Waals surface area (Å²) in [6.45, 7) is 1.88. The largest absolute Gasteiger partial charge is 0.394 e. The van der Waals surface area contributed by atoms with Crippen molar-refractivity contribution in [3.63, 3.8) is 0 Å². The molecule has 0 aliphatic heterocycles. The molecule has 2 fully saturated rings. The fourth-order valence-corrected chi connectivity index (χ4v) is 3.64. The molecule has 0 bridgehead atoms. The molecule has 2 aliphatic rings. The van der Waals surface area contributed by atoms with Gasteiger partial charge < -0.3 is 15.6 Å². The standard InChI is InChI=1S/C15H29NO2/c16-15(12-17)9-4-7-14(15)8-10-18-11-13-5-2-1-3-6-13/h13-14,17H,1-12,16H2. The molecule has 2 unspecified atom stereocenters. The molecular formula is C15H29NO2. The molecule has 0 saturated heterocycles. The average molecular weight is 255 g/mol. The second-order valence-electron chi connectivity index (χ2n) is 6.35. The highest BCUT2D eigenvalue weighted by Crippen LogP contribution is 2.35. The first-order valence-electron chi connectivity index (χ1n) is 7.72. The number of nitrogens with two attached hydrogens (primary N) is 1. The Kier molecular flexibility index (Phi) is 5.46. The van der Waals surface area contributed by atoms with Crippen molar-refractivity contribution in [2.45, 2.75) is 63.3 Å². The number of rotatable bonds is 6. The van der Waals surface area contributed by atoms with E-state index in [2.05, 4.69) is 0 Å². The van der Waals surface area contributed by atoms with Gasteiger partial charge in [0.15, 0.2) is 0 Å². The number of aliphatic hydroxyl groups is 1. The Hall–Kier alpha value is -0.120. The molecule has 0 aromatic rings. The molecule has 2 saturated carbocycles. The van der Waals surface area contributed by atoms with Crippen molar-refractivity contribution in [3.8, 4) is 0 Å². The molecule has 3 heteroatoms. The van der Waals surface area contributed by atoms with Gasteiger partial charge in [-0.05, 0) is 43.9 Å². The van der Waals surface area contributed by atoms with Gasteiger partial charge in [0.2, 0.25) is 0 Å². The van der Waals surface area contributed by atoms with Gasteiger partial charge in [0, 0.05) is 18.8 Å². The van der Waals surface area contributed by atoms with Crippen LogP contribution in [0.1, 0.15) is 57.8 Å². The molecule has 3 nitrogen and oxygen atoms in total. The minimum Gasteiger partial charge on any atom is -0.394 e. The van der Waals surface area contributed by atoms with Gasteiger partial charge in [0.1, 0.15) is 0 Å². The van der Waals surface area contributed by atoms with Gasteiger partial charge in [0.05, 0.1) is 6.61 Å². The molecule has 0 radical (unpaired) electrons. The quantitative estimate of drug-likeness (QED) is 0.717. The van der Waals surface area contributed by atoms with E-state index in [0.29, 0.717) is 5.92 Å². The zero-order chi connectivity index (χ0) is 12.8. The molecule has 0 amide bonds. The minimum absolute atomic E-state index is 0.125. The van der Waals surface area contributed by atoms with E-state index in [-0.39, 0.29) is 12.1 Å². The molecule has 0 aromatic heterocycles. The van der Waals surface area contributed by atoms with Crippen molar-refractivity contribution in [1.82, 2.24) is 0 Å². The first kappa shape index (κ1) is 14.3. The second kappa shape index (κ2) is 6.88. The molecule has 2 rings (SSSR count). The smallest absolute Gasteiger partial charge is 0.0613 e. The summed E-state index contributed by atoms with van der Waals surface area (Å²) in [4.78, 5) is 0. The van der Waals surface area contributed by atoms with E-state index in [0.717, 1.165) is 44.8 Å². The van der Waals surface area contributed by atoms with Gasteiger partial charge in [-0.15, -0.1) is 0 Å². The maximum atomic E-state index is 9.39. The molecule has 0 heterocycles. The molecule has 2 atom stereocenters. The molecule has 106 valence electrons. The lowest BCUT2D eigenvalue weighted by atomic mass is 9.86. The van der Waals surface area contributed by atoms with Crippen LogP contribution in [0.2, 0.25) is 0 Å². The third kappa shape index (κ3) is 3.69. The van der Waals surface area contributed by atoms with Crippen LogP contribution in [-0.2, 0) is 4.74 Å². The predicted molar refractivity (Wildman–Crippen MR) is 73.4 cm³/mol. The number of hydrogen-bond donors (Lipinski definition) is 2.